The van der Waals surface area contributed by atoms with E-state index in [1.807, 2.05) is 17.0 Å². The molecule has 2 aromatic rings. The topological polar surface area (TPSA) is 40.5 Å². The number of amides is 1. The largest absolute Gasteiger partial charge is 0.507 e. The highest BCUT2D eigenvalue weighted by molar-refractivity contribution is 7.98. The molecule has 4 heteroatoms. The summed E-state index contributed by atoms with van der Waals surface area (Å²) in [4.78, 5) is 15.9. The number of hydrogen-bond donors (Lipinski definition) is 1. The quantitative estimate of drug-likeness (QED) is 0.418. The second-order valence-corrected chi connectivity index (χ2v) is 11.7. The van der Waals surface area contributed by atoms with Gasteiger partial charge < -0.3 is 10.0 Å². The van der Waals surface area contributed by atoms with E-state index in [2.05, 4.69) is 79.7 Å². The van der Waals surface area contributed by atoms with Crippen molar-refractivity contribution in [3.05, 3.63) is 58.7 Å². The maximum Gasteiger partial charge on any atom is 0.253 e. The molecule has 176 valence electrons. The molecule has 0 aliphatic carbocycles. The maximum atomic E-state index is 12.8. The van der Waals surface area contributed by atoms with Crippen molar-refractivity contribution < 1.29 is 9.90 Å². The van der Waals surface area contributed by atoms with Gasteiger partial charge in [0.2, 0.25) is 0 Å². The van der Waals surface area contributed by atoms with Crippen LogP contribution in [0, 0.1) is 0 Å². The van der Waals surface area contributed by atoms with Crippen LogP contribution in [0.3, 0.4) is 0 Å². The predicted octanol–water partition coefficient (Wildman–Crippen LogP) is 7.54. The fraction of sp³-hybridized carbons (Fsp3) is 0.536. The van der Waals surface area contributed by atoms with E-state index in [9.17, 15) is 9.90 Å². The number of thioether (sulfide) groups is 1. The summed E-state index contributed by atoms with van der Waals surface area (Å²) in [6.45, 7) is 18.6. The van der Waals surface area contributed by atoms with Crippen LogP contribution in [0.15, 0.2) is 41.3 Å². The minimum absolute atomic E-state index is 0.121. The van der Waals surface area contributed by atoms with Gasteiger partial charge >= 0.3 is 0 Å². The molecule has 0 radical (unpaired) electrons. The van der Waals surface area contributed by atoms with Gasteiger partial charge in [0.05, 0.1) is 0 Å². The fourth-order valence-electron chi connectivity index (χ4n) is 3.78. The monoisotopic (exact) mass is 455 g/mol. The molecular formula is C28H41NO2S. The van der Waals surface area contributed by atoms with Crippen molar-refractivity contribution in [1.82, 2.24) is 4.90 Å². The summed E-state index contributed by atoms with van der Waals surface area (Å²) in [5.41, 5.74) is 3.65. The first-order valence-corrected chi connectivity index (χ1v) is 12.8. The van der Waals surface area contributed by atoms with Gasteiger partial charge in [0.15, 0.2) is 0 Å². The van der Waals surface area contributed by atoms with Crippen molar-refractivity contribution >= 4 is 17.7 Å². The minimum Gasteiger partial charge on any atom is -0.507 e. The van der Waals surface area contributed by atoms with Crippen LogP contribution < -0.4 is 0 Å². The second-order valence-electron chi connectivity index (χ2n) is 10.6. The molecule has 3 nitrogen and oxygen atoms in total. The van der Waals surface area contributed by atoms with Crippen LogP contribution in [-0.2, 0) is 16.6 Å². The Morgan fingerprint density at radius 1 is 0.875 bits per heavy atom. The molecule has 0 aliphatic heterocycles. The molecular weight excluding hydrogens is 414 g/mol. The zero-order chi connectivity index (χ0) is 24.1. The number of benzene rings is 2. The zero-order valence-electron chi connectivity index (χ0n) is 21.2. The number of carbonyl (C=O) groups excluding carboxylic acids is 1. The summed E-state index contributed by atoms with van der Waals surface area (Å²) in [5, 5.41) is 10.9. The Hall–Kier alpha value is -1.94. The lowest BCUT2D eigenvalue weighted by atomic mass is 9.79. The average Bonchev–Trinajstić information content (AvgIpc) is 2.71. The Bertz CT molecular complexity index is 864. The third kappa shape index (κ3) is 6.78. The molecule has 1 N–H and O–H groups in total. The Labute approximate surface area is 199 Å². The summed E-state index contributed by atoms with van der Waals surface area (Å²) in [6.07, 6.45) is 1.94. The van der Waals surface area contributed by atoms with Crippen LogP contribution in [0.4, 0.5) is 0 Å². The summed E-state index contributed by atoms with van der Waals surface area (Å²) in [5.74, 6) is 1.36. The number of carbonyl (C=O) groups is 1. The van der Waals surface area contributed by atoms with Gasteiger partial charge in [-0.05, 0) is 53.5 Å². The molecule has 0 bridgehead atoms. The molecule has 0 atom stereocenters. The molecule has 2 rings (SSSR count). The van der Waals surface area contributed by atoms with Gasteiger partial charge in [0, 0.05) is 40.4 Å². The first-order chi connectivity index (χ1) is 14.9. The number of phenolic OH excluding ortho intramolecular Hbond substituents is 1. The first kappa shape index (κ1) is 26.3. The Morgan fingerprint density at radius 2 is 1.34 bits per heavy atom. The summed E-state index contributed by atoms with van der Waals surface area (Å²) < 4.78 is 0. The molecule has 0 aromatic heterocycles. The highest BCUT2D eigenvalue weighted by Gasteiger charge is 2.26. The SMILES string of the molecule is CCCN(CCC)C(=O)c1ccc(CSc2cc(C(C)(C)C)c(O)c(C(C)(C)C)c2)cc1. The third-order valence-corrected chi connectivity index (χ3v) is 6.63. The van der Waals surface area contributed by atoms with E-state index in [1.165, 1.54) is 5.56 Å². The standard InChI is InChI=1S/C28H41NO2S/c1-9-15-29(16-10-2)26(31)21-13-11-20(12-14-21)19-32-22-17-23(27(3,4)5)25(30)24(18-22)28(6,7)8/h11-14,17-18,30H,9-10,15-16,19H2,1-8H3. The predicted molar refractivity (Wildman–Crippen MR) is 138 cm³/mol. The van der Waals surface area contributed by atoms with Crippen LogP contribution >= 0.6 is 11.8 Å². The zero-order valence-corrected chi connectivity index (χ0v) is 22.0. The highest BCUT2D eigenvalue weighted by Crippen LogP contribution is 2.42. The molecule has 0 saturated heterocycles. The molecule has 32 heavy (non-hydrogen) atoms. The van der Waals surface area contributed by atoms with Gasteiger partial charge in [-0.15, -0.1) is 11.8 Å². The number of aromatic hydroxyl groups is 1. The van der Waals surface area contributed by atoms with E-state index >= 15 is 0 Å². The molecule has 0 unspecified atom stereocenters. The summed E-state index contributed by atoms with van der Waals surface area (Å²) in [7, 11) is 0. The maximum absolute atomic E-state index is 12.8. The molecule has 0 heterocycles. The number of nitrogens with zero attached hydrogens (tertiary/aromatic N) is 1. The minimum atomic E-state index is -0.133. The molecule has 0 spiro atoms. The number of phenols is 1. The number of rotatable bonds is 8. The van der Waals surface area contributed by atoms with Crippen molar-refractivity contribution in [2.45, 2.75) is 89.7 Å². The van der Waals surface area contributed by atoms with Crippen molar-refractivity contribution in [3.63, 3.8) is 0 Å². The Kier molecular flexibility index (Phi) is 8.87. The molecule has 2 aromatic carbocycles. The Balaban J connectivity index is 2.21. The van der Waals surface area contributed by atoms with Crippen LogP contribution in [0.1, 0.15) is 95.3 Å². The van der Waals surface area contributed by atoms with Crippen molar-refractivity contribution in [3.8, 4) is 5.75 Å². The van der Waals surface area contributed by atoms with Gasteiger partial charge in [-0.3, -0.25) is 4.79 Å². The van der Waals surface area contributed by atoms with Crippen LogP contribution in [0.25, 0.3) is 0 Å². The lowest BCUT2D eigenvalue weighted by molar-refractivity contribution is 0.0755. The fourth-order valence-corrected chi connectivity index (χ4v) is 4.71. The molecule has 1 amide bonds. The van der Waals surface area contributed by atoms with Crippen molar-refractivity contribution in [2.24, 2.45) is 0 Å². The van der Waals surface area contributed by atoms with E-state index < -0.39 is 0 Å². The van der Waals surface area contributed by atoms with Gasteiger partial charge in [-0.1, -0.05) is 67.5 Å². The molecule has 0 fully saturated rings. The smallest absolute Gasteiger partial charge is 0.253 e. The van der Waals surface area contributed by atoms with Gasteiger partial charge in [-0.25, -0.2) is 0 Å². The summed E-state index contributed by atoms with van der Waals surface area (Å²) in [6, 6.07) is 12.3. The van der Waals surface area contributed by atoms with E-state index in [0.29, 0.717) is 5.75 Å². The van der Waals surface area contributed by atoms with Crippen molar-refractivity contribution in [2.75, 3.05) is 13.1 Å². The average molecular weight is 456 g/mol. The Morgan fingerprint density at radius 3 is 1.75 bits per heavy atom. The third-order valence-electron chi connectivity index (χ3n) is 5.58. The molecule has 0 saturated carbocycles. The first-order valence-electron chi connectivity index (χ1n) is 11.8. The van der Waals surface area contributed by atoms with Crippen molar-refractivity contribution in [1.29, 1.82) is 0 Å². The van der Waals surface area contributed by atoms with Gasteiger partial charge in [-0.2, -0.15) is 0 Å². The second kappa shape index (κ2) is 10.8. The summed E-state index contributed by atoms with van der Waals surface area (Å²) >= 11 is 1.77. The van der Waals surface area contributed by atoms with Crippen LogP contribution in [-0.4, -0.2) is 29.0 Å². The van der Waals surface area contributed by atoms with E-state index in [0.717, 1.165) is 53.3 Å². The molecule has 0 aliphatic rings. The number of hydrogen-bond acceptors (Lipinski definition) is 3. The van der Waals surface area contributed by atoms with Crippen LogP contribution in [0.2, 0.25) is 0 Å². The van der Waals surface area contributed by atoms with Crippen LogP contribution in [0.5, 0.6) is 5.75 Å². The highest BCUT2D eigenvalue weighted by atomic mass is 32.2. The lowest BCUT2D eigenvalue weighted by Gasteiger charge is -2.28. The van der Waals surface area contributed by atoms with Gasteiger partial charge in [0.25, 0.3) is 5.91 Å². The van der Waals surface area contributed by atoms with E-state index in [1.54, 1.807) is 11.8 Å². The van der Waals surface area contributed by atoms with E-state index in [4.69, 9.17) is 0 Å². The lowest BCUT2D eigenvalue weighted by Crippen LogP contribution is -2.32. The van der Waals surface area contributed by atoms with E-state index in [-0.39, 0.29) is 16.7 Å². The van der Waals surface area contributed by atoms with Gasteiger partial charge in [0.1, 0.15) is 5.75 Å². The normalized spacial score (nSPS) is 12.1.